The number of hydrogen-bond donors (Lipinski definition) is 2. The number of halogens is 1. The highest BCUT2D eigenvalue weighted by Crippen LogP contribution is 2.35. The van der Waals surface area contributed by atoms with Gasteiger partial charge in [0.05, 0.1) is 30.5 Å². The van der Waals surface area contributed by atoms with Gasteiger partial charge in [-0.2, -0.15) is 0 Å². The Morgan fingerprint density at radius 3 is 2.17 bits per heavy atom. The summed E-state index contributed by atoms with van der Waals surface area (Å²) in [6.45, 7) is 0. The van der Waals surface area contributed by atoms with Crippen LogP contribution in [-0.4, -0.2) is 25.2 Å². The highest BCUT2D eigenvalue weighted by molar-refractivity contribution is 6.34. The lowest BCUT2D eigenvalue weighted by Crippen LogP contribution is -2.14. The Hall–Kier alpha value is -4.22. The highest BCUT2D eigenvalue weighted by Gasteiger charge is 2.21. The SMILES string of the molecule is COc1ccc(/C=C/Cc2ccc(-c3ccc(OC)cc3)c(C(=O)Nc3ccccc3Cl)c2O)cc1. The van der Waals surface area contributed by atoms with Gasteiger partial charge in [-0.25, -0.2) is 0 Å². The number of benzene rings is 4. The molecule has 0 atom stereocenters. The van der Waals surface area contributed by atoms with Gasteiger partial charge in [0, 0.05) is 0 Å². The number of nitrogens with one attached hydrogen (secondary N) is 1. The molecule has 0 aromatic heterocycles. The topological polar surface area (TPSA) is 67.8 Å². The van der Waals surface area contributed by atoms with Gasteiger partial charge in [0.15, 0.2) is 0 Å². The average Bonchev–Trinajstić information content (AvgIpc) is 2.91. The Balaban J connectivity index is 1.68. The maximum absolute atomic E-state index is 13.4. The third-order valence-electron chi connectivity index (χ3n) is 5.78. The predicted octanol–water partition coefficient (Wildman–Crippen LogP) is 7.24. The van der Waals surface area contributed by atoms with Crippen molar-refractivity contribution in [2.24, 2.45) is 0 Å². The average molecular weight is 500 g/mol. The highest BCUT2D eigenvalue weighted by atomic mass is 35.5. The summed E-state index contributed by atoms with van der Waals surface area (Å²) < 4.78 is 10.4. The van der Waals surface area contributed by atoms with Crippen molar-refractivity contribution in [1.29, 1.82) is 0 Å². The Kier molecular flexibility index (Phi) is 7.93. The molecule has 0 aliphatic carbocycles. The van der Waals surface area contributed by atoms with Crippen molar-refractivity contribution < 1.29 is 19.4 Å². The first-order valence-corrected chi connectivity index (χ1v) is 11.7. The standard InChI is InChI=1S/C30H26ClNO4/c1-35-23-15-10-20(11-16-23)6-5-7-22-14-19-25(21-12-17-24(36-2)18-13-21)28(29(22)33)30(34)32-27-9-4-3-8-26(27)31/h3-6,8-19,33H,7H2,1-2H3,(H,32,34)/b6-5+. The lowest BCUT2D eigenvalue weighted by Gasteiger charge is -2.16. The molecule has 0 bridgehead atoms. The molecule has 1 amide bonds. The number of para-hydroxylation sites is 1. The quantitative estimate of drug-likeness (QED) is 0.268. The number of hydrogen-bond acceptors (Lipinski definition) is 4. The van der Waals surface area contributed by atoms with E-state index >= 15 is 0 Å². The maximum Gasteiger partial charge on any atom is 0.260 e. The summed E-state index contributed by atoms with van der Waals surface area (Å²) in [5, 5.41) is 14.5. The number of phenolic OH excluding ortho intramolecular Hbond substituents is 1. The van der Waals surface area contributed by atoms with Crippen LogP contribution in [0, 0.1) is 0 Å². The number of aromatic hydroxyl groups is 1. The predicted molar refractivity (Wildman–Crippen MR) is 145 cm³/mol. The molecule has 4 aromatic carbocycles. The van der Waals surface area contributed by atoms with E-state index in [1.54, 1.807) is 38.5 Å². The van der Waals surface area contributed by atoms with Crippen molar-refractivity contribution in [2.75, 3.05) is 19.5 Å². The minimum atomic E-state index is -0.451. The van der Waals surface area contributed by atoms with Crippen molar-refractivity contribution in [3.8, 4) is 28.4 Å². The minimum absolute atomic E-state index is 0.0766. The molecule has 4 aromatic rings. The van der Waals surface area contributed by atoms with Gasteiger partial charge in [-0.15, -0.1) is 0 Å². The Morgan fingerprint density at radius 2 is 1.53 bits per heavy atom. The van der Waals surface area contributed by atoms with Gasteiger partial charge in [0.1, 0.15) is 17.2 Å². The van der Waals surface area contributed by atoms with Gasteiger partial charge >= 0.3 is 0 Å². The Labute approximate surface area is 215 Å². The zero-order chi connectivity index (χ0) is 25.5. The molecule has 0 saturated heterocycles. The fourth-order valence-electron chi connectivity index (χ4n) is 3.82. The first-order chi connectivity index (χ1) is 17.5. The Bertz CT molecular complexity index is 1380. The van der Waals surface area contributed by atoms with Crippen LogP contribution in [0.25, 0.3) is 17.2 Å². The molecule has 0 unspecified atom stereocenters. The minimum Gasteiger partial charge on any atom is -0.507 e. The number of allylic oxidation sites excluding steroid dienone is 1. The van der Waals surface area contributed by atoms with Gasteiger partial charge in [-0.3, -0.25) is 4.79 Å². The molecular formula is C30H26ClNO4. The molecule has 0 fully saturated rings. The normalized spacial score (nSPS) is 10.9. The molecule has 0 spiro atoms. The number of methoxy groups -OCH3 is 2. The summed E-state index contributed by atoms with van der Waals surface area (Å²) >= 11 is 6.25. The van der Waals surface area contributed by atoms with Gasteiger partial charge in [-0.1, -0.05) is 72.3 Å². The van der Waals surface area contributed by atoms with Gasteiger partial charge < -0.3 is 19.9 Å². The monoisotopic (exact) mass is 499 g/mol. The number of carbonyl (C=O) groups excluding carboxylic acids is 1. The molecular weight excluding hydrogens is 474 g/mol. The van der Waals surface area contributed by atoms with Crippen LogP contribution in [0.1, 0.15) is 21.5 Å². The molecule has 0 saturated carbocycles. The van der Waals surface area contributed by atoms with E-state index in [2.05, 4.69) is 5.32 Å². The van der Waals surface area contributed by atoms with Crippen molar-refractivity contribution in [2.45, 2.75) is 6.42 Å². The van der Waals surface area contributed by atoms with Crippen LogP contribution in [0.3, 0.4) is 0 Å². The summed E-state index contributed by atoms with van der Waals surface area (Å²) in [5.41, 5.74) is 3.64. The molecule has 182 valence electrons. The lowest BCUT2D eigenvalue weighted by atomic mass is 9.94. The summed E-state index contributed by atoms with van der Waals surface area (Å²) in [6.07, 6.45) is 4.34. The third kappa shape index (κ3) is 5.70. The van der Waals surface area contributed by atoms with E-state index in [1.807, 2.05) is 72.8 Å². The number of ether oxygens (including phenoxy) is 2. The molecule has 2 N–H and O–H groups in total. The van der Waals surface area contributed by atoms with E-state index in [1.165, 1.54) is 0 Å². The molecule has 4 rings (SSSR count). The van der Waals surface area contributed by atoms with Gasteiger partial charge in [-0.05, 0) is 65.1 Å². The molecule has 6 heteroatoms. The van der Waals surface area contributed by atoms with E-state index in [9.17, 15) is 9.90 Å². The van der Waals surface area contributed by atoms with Crippen molar-refractivity contribution in [3.63, 3.8) is 0 Å². The van der Waals surface area contributed by atoms with Crippen LogP contribution in [0.15, 0.2) is 91.0 Å². The fraction of sp³-hybridized carbons (Fsp3) is 0.100. The molecule has 0 aliphatic heterocycles. The van der Waals surface area contributed by atoms with Crippen LogP contribution in [-0.2, 0) is 6.42 Å². The summed E-state index contributed by atoms with van der Waals surface area (Å²) in [6, 6.07) is 25.7. The van der Waals surface area contributed by atoms with Gasteiger partial charge in [0.2, 0.25) is 0 Å². The van der Waals surface area contributed by atoms with E-state index < -0.39 is 5.91 Å². The van der Waals surface area contributed by atoms with Crippen LogP contribution in [0.5, 0.6) is 17.2 Å². The smallest absolute Gasteiger partial charge is 0.260 e. The van der Waals surface area contributed by atoms with Crippen LogP contribution >= 0.6 is 11.6 Å². The number of phenols is 1. The number of anilines is 1. The third-order valence-corrected chi connectivity index (χ3v) is 6.11. The van der Waals surface area contributed by atoms with Crippen LogP contribution in [0.4, 0.5) is 5.69 Å². The van der Waals surface area contributed by atoms with Crippen molar-refractivity contribution in [3.05, 3.63) is 113 Å². The summed E-state index contributed by atoms with van der Waals surface area (Å²) in [5.74, 6) is 0.957. The first-order valence-electron chi connectivity index (χ1n) is 11.4. The fourth-order valence-corrected chi connectivity index (χ4v) is 4.01. The number of rotatable bonds is 8. The van der Waals surface area contributed by atoms with E-state index in [4.69, 9.17) is 21.1 Å². The van der Waals surface area contributed by atoms with Crippen LogP contribution < -0.4 is 14.8 Å². The maximum atomic E-state index is 13.4. The zero-order valence-electron chi connectivity index (χ0n) is 20.0. The molecule has 36 heavy (non-hydrogen) atoms. The van der Waals surface area contributed by atoms with Crippen molar-refractivity contribution in [1.82, 2.24) is 0 Å². The van der Waals surface area contributed by atoms with Crippen LogP contribution in [0.2, 0.25) is 5.02 Å². The largest absolute Gasteiger partial charge is 0.507 e. The Morgan fingerprint density at radius 1 is 0.889 bits per heavy atom. The van der Waals surface area contributed by atoms with Gasteiger partial charge in [0.25, 0.3) is 5.91 Å². The number of amides is 1. The van der Waals surface area contributed by atoms with Crippen molar-refractivity contribution >= 4 is 29.3 Å². The van der Waals surface area contributed by atoms with E-state index in [-0.39, 0.29) is 11.3 Å². The molecule has 0 heterocycles. The van der Waals surface area contributed by atoms with E-state index in [0.29, 0.717) is 34.0 Å². The second-order valence-electron chi connectivity index (χ2n) is 8.04. The second kappa shape index (κ2) is 11.5. The first kappa shape index (κ1) is 24.9. The summed E-state index contributed by atoms with van der Waals surface area (Å²) in [4.78, 5) is 13.4. The number of carbonyl (C=O) groups is 1. The second-order valence-corrected chi connectivity index (χ2v) is 8.45. The van der Waals surface area contributed by atoms with E-state index in [0.717, 1.165) is 16.9 Å². The molecule has 0 radical (unpaired) electrons. The molecule has 0 aliphatic rings. The zero-order valence-corrected chi connectivity index (χ0v) is 20.8. The summed E-state index contributed by atoms with van der Waals surface area (Å²) in [7, 11) is 3.22. The molecule has 5 nitrogen and oxygen atoms in total. The lowest BCUT2D eigenvalue weighted by molar-refractivity contribution is 0.102.